The van der Waals surface area contributed by atoms with Crippen molar-refractivity contribution in [1.82, 2.24) is 0 Å². The SMILES string of the molecule is C[N+]12C3CC4(O)C5C4C4(C51)C2C41OC31. The number of fused-ring (bicyclic) bond motifs is 2. The summed E-state index contributed by atoms with van der Waals surface area (Å²) in [4.78, 5) is 0. The van der Waals surface area contributed by atoms with Crippen LogP contribution in [-0.4, -0.2) is 52.1 Å². The summed E-state index contributed by atoms with van der Waals surface area (Å²) in [5.41, 5.74) is 0.653. The van der Waals surface area contributed by atoms with Crippen molar-refractivity contribution in [1.29, 1.82) is 0 Å². The minimum atomic E-state index is -0.206. The van der Waals surface area contributed by atoms with Gasteiger partial charge in [-0.05, 0) is 0 Å². The van der Waals surface area contributed by atoms with Gasteiger partial charge in [-0.1, -0.05) is 0 Å². The maximum Gasteiger partial charge on any atom is 0.171 e. The minimum Gasteiger partial charge on any atom is -0.389 e. The third-order valence-electron chi connectivity index (χ3n) is 7.61. The number of rotatable bonds is 0. The maximum absolute atomic E-state index is 10.5. The quantitative estimate of drug-likeness (QED) is 0.396. The number of hydrogen-bond donors (Lipinski definition) is 1. The highest BCUT2D eigenvalue weighted by molar-refractivity contribution is 5.63. The molecule has 3 heteroatoms. The molecule has 7 rings (SSSR count). The summed E-state index contributed by atoms with van der Waals surface area (Å²) in [6.07, 6.45) is 1.62. The molecule has 4 aliphatic heterocycles. The fourth-order valence-corrected chi connectivity index (χ4v) is 7.74. The standard InChI is InChI=1S/C11H12NO2/c1-12-3-2-9(13)4-5(9)10(6(4)12)8(12)11(10)7(3)14-11/h3-8,13H,2H2,1H3/q+1. The predicted octanol–water partition coefficient (Wildman–Crippen LogP) is -0.902. The average molecular weight is 190 g/mol. The van der Waals surface area contributed by atoms with E-state index in [0.29, 0.717) is 35.0 Å². The number of hydrogen-bond acceptors (Lipinski definition) is 2. The molecule has 0 aromatic heterocycles. The second-order valence-electron chi connectivity index (χ2n) is 7.10. The monoisotopic (exact) mass is 190 g/mol. The van der Waals surface area contributed by atoms with Crippen LogP contribution in [0.2, 0.25) is 0 Å². The van der Waals surface area contributed by atoms with Crippen LogP contribution in [0.15, 0.2) is 0 Å². The zero-order valence-electron chi connectivity index (χ0n) is 7.97. The van der Waals surface area contributed by atoms with E-state index in [-0.39, 0.29) is 5.60 Å². The van der Waals surface area contributed by atoms with E-state index in [1.807, 2.05) is 0 Å². The summed E-state index contributed by atoms with van der Waals surface area (Å²) in [6.45, 7) is 0. The van der Waals surface area contributed by atoms with E-state index in [2.05, 4.69) is 7.05 Å². The molecule has 0 aromatic carbocycles. The summed E-state index contributed by atoms with van der Waals surface area (Å²) in [5.74, 6) is 1.36. The fourth-order valence-electron chi connectivity index (χ4n) is 7.74. The lowest BCUT2D eigenvalue weighted by atomic mass is 9.63. The predicted molar refractivity (Wildman–Crippen MR) is 44.1 cm³/mol. The fraction of sp³-hybridized carbons (Fsp3) is 1.00. The molecule has 7 aliphatic rings. The van der Waals surface area contributed by atoms with Gasteiger partial charge in [0, 0.05) is 18.3 Å². The van der Waals surface area contributed by atoms with Crippen molar-refractivity contribution >= 4 is 0 Å². The molecule has 10 unspecified atom stereocenters. The molecule has 10 atom stereocenters. The molecule has 4 saturated heterocycles. The molecule has 0 amide bonds. The van der Waals surface area contributed by atoms with Crippen molar-refractivity contribution in [3.63, 3.8) is 0 Å². The third-order valence-corrected chi connectivity index (χ3v) is 7.61. The first kappa shape index (κ1) is 5.83. The number of ether oxygens (including phenoxy) is 1. The van der Waals surface area contributed by atoms with Gasteiger partial charge in [0.25, 0.3) is 0 Å². The van der Waals surface area contributed by atoms with Crippen molar-refractivity contribution in [2.45, 2.75) is 41.9 Å². The first-order valence-corrected chi connectivity index (χ1v) is 5.92. The molecule has 4 heterocycles. The van der Waals surface area contributed by atoms with E-state index >= 15 is 0 Å². The number of likely N-dealkylation sites (N-methyl/N-ethyl adjacent to an activating group) is 1. The van der Waals surface area contributed by atoms with Gasteiger partial charge >= 0.3 is 0 Å². The van der Waals surface area contributed by atoms with Gasteiger partial charge < -0.3 is 14.3 Å². The Morgan fingerprint density at radius 3 is 3.14 bits per heavy atom. The van der Waals surface area contributed by atoms with Crippen LogP contribution >= 0.6 is 0 Å². The average Bonchev–Trinajstić information content (AvgIpc) is 2.93. The second kappa shape index (κ2) is 0.944. The van der Waals surface area contributed by atoms with Gasteiger partial charge in [0.15, 0.2) is 5.60 Å². The molecule has 72 valence electrons. The van der Waals surface area contributed by atoms with Crippen molar-refractivity contribution in [3.05, 3.63) is 0 Å². The Labute approximate surface area is 81.2 Å². The van der Waals surface area contributed by atoms with Crippen LogP contribution in [0.3, 0.4) is 0 Å². The number of piperidine rings is 4. The van der Waals surface area contributed by atoms with Gasteiger partial charge in [0.2, 0.25) is 0 Å². The Morgan fingerprint density at radius 1 is 1.50 bits per heavy atom. The lowest BCUT2D eigenvalue weighted by Gasteiger charge is -2.62. The molecule has 0 radical (unpaired) electrons. The molecule has 2 spiro atoms. The highest BCUT2D eigenvalue weighted by Gasteiger charge is 3.25. The van der Waals surface area contributed by atoms with Crippen LogP contribution in [0.25, 0.3) is 0 Å². The van der Waals surface area contributed by atoms with Crippen molar-refractivity contribution < 1.29 is 14.3 Å². The van der Waals surface area contributed by atoms with Gasteiger partial charge in [-0.3, -0.25) is 0 Å². The minimum absolute atomic E-state index is 0.206. The first-order chi connectivity index (χ1) is 6.66. The molecular formula is C11H12NO2+. The number of epoxide rings is 1. The van der Waals surface area contributed by atoms with Crippen LogP contribution in [0.4, 0.5) is 0 Å². The maximum atomic E-state index is 10.5. The Morgan fingerprint density at radius 2 is 2.36 bits per heavy atom. The molecule has 0 aromatic rings. The van der Waals surface area contributed by atoms with Crippen LogP contribution in [0, 0.1) is 17.3 Å². The van der Waals surface area contributed by atoms with E-state index in [1.165, 1.54) is 4.48 Å². The van der Waals surface area contributed by atoms with Gasteiger partial charge in [-0.2, -0.15) is 0 Å². The first-order valence-electron chi connectivity index (χ1n) is 5.92. The molecular weight excluding hydrogens is 178 g/mol. The smallest absolute Gasteiger partial charge is 0.171 e. The lowest BCUT2D eigenvalue weighted by molar-refractivity contribution is -1.02. The third kappa shape index (κ3) is 0.195. The van der Waals surface area contributed by atoms with Crippen molar-refractivity contribution in [2.24, 2.45) is 17.3 Å². The van der Waals surface area contributed by atoms with E-state index < -0.39 is 0 Å². The highest BCUT2D eigenvalue weighted by atomic mass is 16.6. The second-order valence-corrected chi connectivity index (χ2v) is 7.10. The molecule has 0 bridgehead atoms. The van der Waals surface area contributed by atoms with Gasteiger partial charge in [0.05, 0.1) is 12.6 Å². The largest absolute Gasteiger partial charge is 0.389 e. The Hall–Kier alpha value is -0.120. The highest BCUT2D eigenvalue weighted by Crippen LogP contribution is 3.06. The Kier molecular flexibility index (Phi) is 0.393. The molecule has 14 heavy (non-hydrogen) atoms. The molecule has 3 saturated carbocycles. The van der Waals surface area contributed by atoms with Gasteiger partial charge in [-0.25, -0.2) is 0 Å². The van der Waals surface area contributed by atoms with Crippen LogP contribution in [-0.2, 0) is 4.74 Å². The zero-order valence-corrected chi connectivity index (χ0v) is 7.97. The van der Waals surface area contributed by atoms with Gasteiger partial charge in [-0.15, -0.1) is 0 Å². The number of aliphatic hydroxyl groups is 1. The summed E-state index contributed by atoms with van der Waals surface area (Å²) < 4.78 is 7.34. The topological polar surface area (TPSA) is 32.8 Å². The summed E-state index contributed by atoms with van der Waals surface area (Å²) in [7, 11) is 2.44. The van der Waals surface area contributed by atoms with Crippen molar-refractivity contribution in [2.75, 3.05) is 7.05 Å². The van der Waals surface area contributed by atoms with Crippen LogP contribution < -0.4 is 0 Å². The van der Waals surface area contributed by atoms with E-state index in [1.54, 1.807) is 0 Å². The summed E-state index contributed by atoms with van der Waals surface area (Å²) in [6, 6.07) is 2.31. The van der Waals surface area contributed by atoms with Crippen LogP contribution in [0.1, 0.15) is 6.42 Å². The molecule has 1 N–H and O–H groups in total. The van der Waals surface area contributed by atoms with Gasteiger partial charge in [0.1, 0.15) is 29.6 Å². The molecule has 3 nitrogen and oxygen atoms in total. The number of nitrogens with zero attached hydrogens (tertiary/aromatic N) is 1. The zero-order chi connectivity index (χ0) is 8.88. The lowest BCUT2D eigenvalue weighted by Crippen LogP contribution is -2.79. The van der Waals surface area contributed by atoms with E-state index in [0.717, 1.165) is 18.5 Å². The Balaban J connectivity index is 1.71. The normalized spacial score (nSPS) is 105. The summed E-state index contributed by atoms with van der Waals surface area (Å²) >= 11 is 0. The summed E-state index contributed by atoms with van der Waals surface area (Å²) in [5, 5.41) is 10.5. The number of morpholine rings is 1. The van der Waals surface area contributed by atoms with Crippen molar-refractivity contribution in [3.8, 4) is 0 Å². The molecule has 3 aliphatic carbocycles. The van der Waals surface area contributed by atoms with Crippen LogP contribution in [0.5, 0.6) is 0 Å². The van der Waals surface area contributed by atoms with E-state index in [4.69, 9.17) is 4.74 Å². The number of quaternary nitrogens is 1. The Bertz CT molecular complexity index is 488. The van der Waals surface area contributed by atoms with E-state index in [9.17, 15) is 5.11 Å². The molecule has 7 fully saturated rings.